The van der Waals surface area contributed by atoms with Crippen molar-refractivity contribution in [2.24, 2.45) is 5.92 Å². The third-order valence-corrected chi connectivity index (χ3v) is 3.00. The summed E-state index contributed by atoms with van der Waals surface area (Å²) in [5.41, 5.74) is 1.04. The highest BCUT2D eigenvalue weighted by molar-refractivity contribution is 6.30. The topological polar surface area (TPSA) is 0 Å². The molecule has 1 aromatic rings. The van der Waals surface area contributed by atoms with Crippen LogP contribution >= 0.6 is 11.6 Å². The van der Waals surface area contributed by atoms with Crippen LogP contribution in [-0.2, 0) is 0 Å². The normalized spacial score (nSPS) is 13.2. The van der Waals surface area contributed by atoms with Crippen molar-refractivity contribution in [3.8, 4) is 0 Å². The van der Waals surface area contributed by atoms with Crippen LogP contribution in [0.2, 0.25) is 5.02 Å². The number of halogens is 2. The quantitative estimate of drug-likeness (QED) is 0.679. The number of rotatable bonds is 4. The van der Waals surface area contributed by atoms with Gasteiger partial charge in [0, 0.05) is 0 Å². The lowest BCUT2D eigenvalue weighted by Gasteiger charge is -2.13. The van der Waals surface area contributed by atoms with E-state index < -0.39 is 0 Å². The Hall–Kier alpha value is -0.560. The molecular weight excluding hydrogens is 211 g/mol. The second kappa shape index (κ2) is 5.50. The van der Waals surface area contributed by atoms with Crippen LogP contribution in [-0.4, -0.2) is 0 Å². The fourth-order valence-corrected chi connectivity index (χ4v) is 1.69. The van der Waals surface area contributed by atoms with Gasteiger partial charge in [-0.15, -0.1) is 0 Å². The van der Waals surface area contributed by atoms with Gasteiger partial charge in [-0.1, -0.05) is 44.9 Å². The third-order valence-electron chi connectivity index (χ3n) is 2.69. The van der Waals surface area contributed by atoms with Gasteiger partial charge in [-0.25, -0.2) is 4.39 Å². The second-order valence-electron chi connectivity index (χ2n) is 4.55. The molecule has 0 amide bonds. The summed E-state index contributed by atoms with van der Waals surface area (Å²) in [6, 6.07) is 5.10. The number of hydrogen-bond donors (Lipinski definition) is 0. The van der Waals surface area contributed by atoms with Gasteiger partial charge in [0.05, 0.1) is 5.02 Å². The highest BCUT2D eigenvalue weighted by Crippen LogP contribution is 2.25. The summed E-state index contributed by atoms with van der Waals surface area (Å²) in [5.74, 6) is 0.786. The molecule has 1 aromatic carbocycles. The van der Waals surface area contributed by atoms with Crippen LogP contribution in [0, 0.1) is 11.7 Å². The molecule has 0 N–H and O–H groups in total. The SMILES string of the molecule is CC(C)CCC(C)c1ccc(Cl)c(F)c1. The van der Waals surface area contributed by atoms with Crippen LogP contribution < -0.4 is 0 Å². The van der Waals surface area contributed by atoms with Gasteiger partial charge >= 0.3 is 0 Å². The molecule has 0 heterocycles. The average molecular weight is 229 g/mol. The first-order valence-electron chi connectivity index (χ1n) is 5.45. The van der Waals surface area contributed by atoms with Gasteiger partial charge in [-0.05, 0) is 36.0 Å². The van der Waals surface area contributed by atoms with Crippen LogP contribution in [0.3, 0.4) is 0 Å². The number of hydrogen-bond acceptors (Lipinski definition) is 0. The zero-order valence-electron chi connectivity index (χ0n) is 9.56. The average Bonchev–Trinajstić information content (AvgIpc) is 2.18. The van der Waals surface area contributed by atoms with E-state index in [0.29, 0.717) is 11.8 Å². The maximum atomic E-state index is 13.2. The van der Waals surface area contributed by atoms with E-state index in [9.17, 15) is 4.39 Å². The van der Waals surface area contributed by atoms with E-state index in [4.69, 9.17) is 11.6 Å². The summed E-state index contributed by atoms with van der Waals surface area (Å²) in [7, 11) is 0. The maximum Gasteiger partial charge on any atom is 0.142 e. The molecule has 0 nitrogen and oxygen atoms in total. The van der Waals surface area contributed by atoms with Gasteiger partial charge in [-0.3, -0.25) is 0 Å². The molecule has 15 heavy (non-hydrogen) atoms. The van der Waals surface area contributed by atoms with Crippen LogP contribution in [0.25, 0.3) is 0 Å². The Kier molecular flexibility index (Phi) is 4.59. The van der Waals surface area contributed by atoms with Crippen LogP contribution in [0.1, 0.15) is 45.1 Å². The summed E-state index contributed by atoms with van der Waals surface area (Å²) in [5, 5.41) is 0.204. The molecule has 0 aromatic heterocycles. The Bertz CT molecular complexity index is 320. The number of benzene rings is 1. The molecule has 1 unspecified atom stereocenters. The van der Waals surface area contributed by atoms with E-state index >= 15 is 0 Å². The highest BCUT2D eigenvalue weighted by Gasteiger charge is 2.09. The van der Waals surface area contributed by atoms with Crippen molar-refractivity contribution in [2.75, 3.05) is 0 Å². The first-order chi connectivity index (χ1) is 7.00. The van der Waals surface area contributed by atoms with Crippen LogP contribution in [0.4, 0.5) is 4.39 Å². The summed E-state index contributed by atoms with van der Waals surface area (Å²) >= 11 is 5.64. The Morgan fingerprint density at radius 2 is 1.87 bits per heavy atom. The molecule has 0 bridgehead atoms. The first kappa shape index (κ1) is 12.5. The van der Waals surface area contributed by atoms with Crippen molar-refractivity contribution in [1.82, 2.24) is 0 Å². The van der Waals surface area contributed by atoms with Crippen molar-refractivity contribution in [3.05, 3.63) is 34.6 Å². The lowest BCUT2D eigenvalue weighted by Crippen LogP contribution is -1.97. The molecule has 0 fully saturated rings. The molecule has 0 saturated heterocycles. The minimum Gasteiger partial charge on any atom is -0.205 e. The lowest BCUT2D eigenvalue weighted by molar-refractivity contribution is 0.515. The predicted octanol–water partition coefficient (Wildman–Crippen LogP) is 5.02. The van der Waals surface area contributed by atoms with Gasteiger partial charge in [0.1, 0.15) is 5.82 Å². The van der Waals surface area contributed by atoms with Crippen molar-refractivity contribution in [3.63, 3.8) is 0 Å². The van der Waals surface area contributed by atoms with E-state index in [1.165, 1.54) is 6.42 Å². The molecule has 0 saturated carbocycles. The third kappa shape index (κ3) is 3.83. The molecule has 0 radical (unpaired) electrons. The molecule has 1 atom stereocenters. The van der Waals surface area contributed by atoms with Gasteiger partial charge in [-0.2, -0.15) is 0 Å². The van der Waals surface area contributed by atoms with Crippen LogP contribution in [0.5, 0.6) is 0 Å². The van der Waals surface area contributed by atoms with E-state index in [1.807, 2.05) is 6.07 Å². The monoisotopic (exact) mass is 228 g/mol. The maximum absolute atomic E-state index is 13.2. The molecular formula is C13H18ClF. The minimum atomic E-state index is -0.314. The van der Waals surface area contributed by atoms with Crippen molar-refractivity contribution >= 4 is 11.6 Å². The van der Waals surface area contributed by atoms with Gasteiger partial charge in [0.25, 0.3) is 0 Å². The highest BCUT2D eigenvalue weighted by atomic mass is 35.5. The Morgan fingerprint density at radius 3 is 2.40 bits per heavy atom. The fourth-order valence-electron chi connectivity index (χ4n) is 1.57. The fraction of sp³-hybridized carbons (Fsp3) is 0.538. The Balaban J connectivity index is 2.65. The molecule has 0 spiro atoms. The molecule has 84 valence electrons. The first-order valence-corrected chi connectivity index (χ1v) is 5.83. The lowest BCUT2D eigenvalue weighted by atomic mass is 9.93. The van der Waals surface area contributed by atoms with Gasteiger partial charge in [0.15, 0.2) is 0 Å². The standard InChI is InChI=1S/C13H18ClF/c1-9(2)4-5-10(3)11-6-7-12(14)13(15)8-11/h6-10H,4-5H2,1-3H3. The zero-order valence-corrected chi connectivity index (χ0v) is 10.3. The largest absolute Gasteiger partial charge is 0.205 e. The molecule has 0 aliphatic carbocycles. The smallest absolute Gasteiger partial charge is 0.142 e. The zero-order chi connectivity index (χ0) is 11.4. The summed E-state index contributed by atoms with van der Waals surface area (Å²) in [6.45, 7) is 6.54. The van der Waals surface area contributed by atoms with E-state index in [0.717, 1.165) is 12.0 Å². The van der Waals surface area contributed by atoms with Crippen molar-refractivity contribution in [1.29, 1.82) is 0 Å². The summed E-state index contributed by atoms with van der Waals surface area (Å²) < 4.78 is 13.2. The second-order valence-corrected chi connectivity index (χ2v) is 4.95. The van der Waals surface area contributed by atoms with Crippen LogP contribution in [0.15, 0.2) is 18.2 Å². The van der Waals surface area contributed by atoms with Crippen molar-refractivity contribution < 1.29 is 4.39 Å². The summed E-state index contributed by atoms with van der Waals surface area (Å²) in [4.78, 5) is 0. The van der Waals surface area contributed by atoms with E-state index in [-0.39, 0.29) is 10.8 Å². The summed E-state index contributed by atoms with van der Waals surface area (Å²) in [6.07, 6.45) is 2.27. The van der Waals surface area contributed by atoms with E-state index in [2.05, 4.69) is 20.8 Å². The molecule has 0 aliphatic rings. The van der Waals surface area contributed by atoms with Crippen molar-refractivity contribution in [2.45, 2.75) is 39.5 Å². The van der Waals surface area contributed by atoms with Gasteiger partial charge in [0.2, 0.25) is 0 Å². The molecule has 1 rings (SSSR count). The van der Waals surface area contributed by atoms with Gasteiger partial charge < -0.3 is 0 Å². The van der Waals surface area contributed by atoms with E-state index in [1.54, 1.807) is 12.1 Å². The minimum absolute atomic E-state index is 0.204. The predicted molar refractivity (Wildman–Crippen MR) is 63.9 cm³/mol. The molecule has 0 aliphatic heterocycles. The Morgan fingerprint density at radius 1 is 1.20 bits per heavy atom. The Labute approximate surface area is 96.5 Å². The molecule has 2 heteroatoms.